The Balaban J connectivity index is 2.01. The van der Waals surface area contributed by atoms with Gasteiger partial charge in [0.1, 0.15) is 6.61 Å². The number of fused-ring (bicyclic) bond motifs is 2. The van der Waals surface area contributed by atoms with Crippen molar-refractivity contribution in [2.45, 2.75) is 50.1 Å². The molecule has 0 radical (unpaired) electrons. The van der Waals surface area contributed by atoms with Gasteiger partial charge in [-0.15, -0.1) is 0 Å². The SMILES string of the molecule is COC12CCC(O1)C(C)(CCCO)OC2. The van der Waals surface area contributed by atoms with Gasteiger partial charge in [-0.1, -0.05) is 0 Å². The predicted molar refractivity (Wildman–Crippen MR) is 54.5 cm³/mol. The molecule has 0 aromatic heterocycles. The summed E-state index contributed by atoms with van der Waals surface area (Å²) in [5.41, 5.74) is -0.249. The number of ether oxygens (including phenoxy) is 3. The van der Waals surface area contributed by atoms with Gasteiger partial charge in [0.05, 0.1) is 11.7 Å². The Bertz CT molecular complexity index is 233. The standard InChI is InChI=1S/C11H20O4/c1-10(5-3-7-12)9-4-6-11(13-2,15-9)8-14-10/h9,12H,3-8H2,1-2H3. The molecule has 2 aliphatic heterocycles. The van der Waals surface area contributed by atoms with E-state index >= 15 is 0 Å². The van der Waals surface area contributed by atoms with Crippen molar-refractivity contribution in [3.8, 4) is 0 Å². The monoisotopic (exact) mass is 216 g/mol. The Kier molecular flexibility index (Phi) is 3.03. The lowest BCUT2D eigenvalue weighted by molar-refractivity contribution is -0.320. The molecule has 0 spiro atoms. The Morgan fingerprint density at radius 1 is 1.53 bits per heavy atom. The minimum atomic E-state index is -0.497. The van der Waals surface area contributed by atoms with E-state index in [4.69, 9.17) is 19.3 Å². The summed E-state index contributed by atoms with van der Waals surface area (Å²) in [6.07, 6.45) is 3.60. The first-order valence-corrected chi connectivity index (χ1v) is 5.62. The summed E-state index contributed by atoms with van der Waals surface area (Å²) < 4.78 is 17.2. The molecule has 4 heteroatoms. The van der Waals surface area contributed by atoms with Gasteiger partial charge in [-0.25, -0.2) is 0 Å². The molecule has 1 N–H and O–H groups in total. The fourth-order valence-corrected chi connectivity index (χ4v) is 2.50. The van der Waals surface area contributed by atoms with Gasteiger partial charge in [0.15, 0.2) is 5.79 Å². The Morgan fingerprint density at radius 2 is 2.33 bits per heavy atom. The number of aliphatic hydroxyl groups is 1. The highest BCUT2D eigenvalue weighted by Crippen LogP contribution is 2.44. The van der Waals surface area contributed by atoms with Crippen molar-refractivity contribution < 1.29 is 19.3 Å². The highest BCUT2D eigenvalue weighted by molar-refractivity contribution is 4.97. The third kappa shape index (κ3) is 1.91. The van der Waals surface area contributed by atoms with Gasteiger partial charge in [0.2, 0.25) is 0 Å². The quantitative estimate of drug-likeness (QED) is 0.763. The summed E-state index contributed by atoms with van der Waals surface area (Å²) in [6, 6.07) is 0. The van der Waals surface area contributed by atoms with Crippen molar-refractivity contribution >= 4 is 0 Å². The van der Waals surface area contributed by atoms with E-state index in [1.165, 1.54) is 0 Å². The highest BCUT2D eigenvalue weighted by Gasteiger charge is 2.53. The van der Waals surface area contributed by atoms with Gasteiger partial charge in [-0.3, -0.25) is 0 Å². The first-order chi connectivity index (χ1) is 7.14. The molecule has 2 saturated heterocycles. The van der Waals surface area contributed by atoms with Gasteiger partial charge in [0, 0.05) is 20.1 Å². The molecule has 2 fully saturated rings. The molecule has 4 nitrogen and oxygen atoms in total. The fraction of sp³-hybridized carbons (Fsp3) is 1.00. The van der Waals surface area contributed by atoms with Crippen molar-refractivity contribution in [1.82, 2.24) is 0 Å². The molecule has 3 atom stereocenters. The molecule has 15 heavy (non-hydrogen) atoms. The predicted octanol–water partition coefficient (Wildman–Crippen LogP) is 1.07. The maximum atomic E-state index is 8.86. The van der Waals surface area contributed by atoms with Gasteiger partial charge < -0.3 is 19.3 Å². The summed E-state index contributed by atoms with van der Waals surface area (Å²) in [4.78, 5) is 0. The van der Waals surface area contributed by atoms with Gasteiger partial charge in [0.25, 0.3) is 0 Å². The third-order valence-electron chi connectivity index (χ3n) is 3.65. The molecule has 0 aromatic rings. The van der Waals surface area contributed by atoms with E-state index in [2.05, 4.69) is 6.92 Å². The molecule has 0 aromatic carbocycles. The minimum absolute atomic E-state index is 0.109. The van der Waals surface area contributed by atoms with Crippen LogP contribution in [0.25, 0.3) is 0 Å². The first-order valence-electron chi connectivity index (χ1n) is 5.62. The van der Waals surface area contributed by atoms with Crippen LogP contribution >= 0.6 is 0 Å². The lowest BCUT2D eigenvalue weighted by Crippen LogP contribution is -2.53. The molecule has 0 amide bonds. The van der Waals surface area contributed by atoms with Crippen LogP contribution in [0.3, 0.4) is 0 Å². The lowest BCUT2D eigenvalue weighted by atomic mass is 9.91. The van der Waals surface area contributed by atoms with Gasteiger partial charge >= 0.3 is 0 Å². The number of hydrogen-bond donors (Lipinski definition) is 1. The molecule has 3 unspecified atom stereocenters. The molecule has 2 aliphatic rings. The van der Waals surface area contributed by atoms with Crippen LogP contribution in [-0.4, -0.2) is 42.9 Å². The first kappa shape index (κ1) is 11.3. The summed E-state index contributed by atoms with van der Waals surface area (Å²) >= 11 is 0. The smallest absolute Gasteiger partial charge is 0.192 e. The summed E-state index contributed by atoms with van der Waals surface area (Å²) in [7, 11) is 1.67. The van der Waals surface area contributed by atoms with Gasteiger partial charge in [-0.2, -0.15) is 0 Å². The zero-order valence-corrected chi connectivity index (χ0v) is 9.49. The second kappa shape index (κ2) is 4.01. The van der Waals surface area contributed by atoms with Crippen LogP contribution in [0.5, 0.6) is 0 Å². The zero-order chi connectivity index (χ0) is 10.9. The van der Waals surface area contributed by atoms with E-state index in [0.717, 1.165) is 25.7 Å². The second-order valence-electron chi connectivity index (χ2n) is 4.69. The number of aliphatic hydroxyl groups excluding tert-OH is 1. The van der Waals surface area contributed by atoms with E-state index in [-0.39, 0.29) is 18.3 Å². The van der Waals surface area contributed by atoms with Crippen molar-refractivity contribution in [2.75, 3.05) is 20.3 Å². The fourth-order valence-electron chi connectivity index (χ4n) is 2.50. The van der Waals surface area contributed by atoms with Crippen LogP contribution in [0, 0.1) is 0 Å². The maximum absolute atomic E-state index is 8.86. The summed E-state index contributed by atoms with van der Waals surface area (Å²) in [6.45, 7) is 2.78. The molecule has 2 bridgehead atoms. The zero-order valence-electron chi connectivity index (χ0n) is 9.49. The Hall–Kier alpha value is -0.160. The van der Waals surface area contributed by atoms with Crippen LogP contribution in [0.15, 0.2) is 0 Å². The van der Waals surface area contributed by atoms with Crippen LogP contribution in [-0.2, 0) is 14.2 Å². The largest absolute Gasteiger partial charge is 0.396 e. The van der Waals surface area contributed by atoms with E-state index in [1.54, 1.807) is 7.11 Å². The van der Waals surface area contributed by atoms with E-state index in [9.17, 15) is 0 Å². The Labute approximate surface area is 90.5 Å². The second-order valence-corrected chi connectivity index (χ2v) is 4.69. The number of methoxy groups -OCH3 is 1. The van der Waals surface area contributed by atoms with Crippen molar-refractivity contribution in [3.63, 3.8) is 0 Å². The van der Waals surface area contributed by atoms with Crippen LogP contribution in [0.2, 0.25) is 0 Å². The topological polar surface area (TPSA) is 47.9 Å². The lowest BCUT2D eigenvalue weighted by Gasteiger charge is -2.43. The molecule has 88 valence electrons. The average molecular weight is 216 g/mol. The summed E-state index contributed by atoms with van der Waals surface area (Å²) in [5.74, 6) is -0.497. The minimum Gasteiger partial charge on any atom is -0.396 e. The summed E-state index contributed by atoms with van der Waals surface area (Å²) in [5, 5.41) is 8.86. The van der Waals surface area contributed by atoms with E-state index in [1.807, 2.05) is 0 Å². The van der Waals surface area contributed by atoms with Crippen LogP contribution < -0.4 is 0 Å². The average Bonchev–Trinajstić information content (AvgIpc) is 2.64. The molecule has 0 saturated carbocycles. The van der Waals surface area contributed by atoms with E-state index in [0.29, 0.717) is 6.61 Å². The molecule has 2 heterocycles. The molecule has 0 aliphatic carbocycles. The van der Waals surface area contributed by atoms with E-state index < -0.39 is 5.79 Å². The maximum Gasteiger partial charge on any atom is 0.192 e. The van der Waals surface area contributed by atoms with Crippen molar-refractivity contribution in [2.24, 2.45) is 0 Å². The van der Waals surface area contributed by atoms with Gasteiger partial charge in [-0.05, 0) is 26.2 Å². The molecule has 2 rings (SSSR count). The van der Waals surface area contributed by atoms with Crippen molar-refractivity contribution in [1.29, 1.82) is 0 Å². The van der Waals surface area contributed by atoms with Crippen LogP contribution in [0.1, 0.15) is 32.6 Å². The molecular formula is C11H20O4. The third-order valence-corrected chi connectivity index (χ3v) is 3.65. The normalized spacial score (nSPS) is 44.6. The van der Waals surface area contributed by atoms with Crippen molar-refractivity contribution in [3.05, 3.63) is 0 Å². The highest BCUT2D eigenvalue weighted by atomic mass is 16.7. The number of rotatable bonds is 4. The van der Waals surface area contributed by atoms with Crippen LogP contribution in [0.4, 0.5) is 0 Å². The Morgan fingerprint density at radius 3 is 3.00 bits per heavy atom. The number of hydrogen-bond acceptors (Lipinski definition) is 4. The molecular weight excluding hydrogens is 196 g/mol.